The van der Waals surface area contributed by atoms with E-state index in [1.54, 1.807) is 4.52 Å². The first-order chi connectivity index (χ1) is 13.6. The summed E-state index contributed by atoms with van der Waals surface area (Å²) in [7, 11) is 0. The van der Waals surface area contributed by atoms with Crippen molar-refractivity contribution in [3.05, 3.63) is 46.2 Å². The Bertz CT molecular complexity index is 1040. The van der Waals surface area contributed by atoms with Crippen LogP contribution in [0.15, 0.2) is 24.3 Å². The highest BCUT2D eigenvalue weighted by Gasteiger charge is 2.24. The van der Waals surface area contributed by atoms with Gasteiger partial charge in [-0.2, -0.15) is 9.61 Å². The summed E-state index contributed by atoms with van der Waals surface area (Å²) in [5.41, 5.74) is 10.1. The molecule has 1 aromatic carbocycles. The summed E-state index contributed by atoms with van der Waals surface area (Å²) < 4.78 is 12.6. The van der Waals surface area contributed by atoms with Crippen molar-refractivity contribution in [2.24, 2.45) is 0 Å². The van der Waals surface area contributed by atoms with E-state index < -0.39 is 0 Å². The number of aromatic nitrogens is 3. The van der Waals surface area contributed by atoms with Gasteiger partial charge in [-0.15, -0.1) is 0 Å². The Labute approximate surface area is 168 Å². The fourth-order valence-corrected chi connectivity index (χ4v) is 4.26. The van der Waals surface area contributed by atoms with Crippen molar-refractivity contribution in [3.8, 4) is 11.5 Å². The van der Waals surface area contributed by atoms with E-state index in [9.17, 15) is 0 Å². The molecule has 1 saturated heterocycles. The van der Waals surface area contributed by atoms with Gasteiger partial charge in [-0.25, -0.2) is 4.98 Å². The van der Waals surface area contributed by atoms with Gasteiger partial charge < -0.3 is 15.2 Å². The van der Waals surface area contributed by atoms with Crippen LogP contribution in [0, 0.1) is 6.92 Å². The molecule has 0 radical (unpaired) electrons. The van der Waals surface area contributed by atoms with Gasteiger partial charge in [0.25, 0.3) is 0 Å². The molecule has 2 N–H and O–H groups in total. The van der Waals surface area contributed by atoms with Gasteiger partial charge in [-0.05, 0) is 44.5 Å². The first-order valence-corrected chi connectivity index (χ1v) is 9.88. The van der Waals surface area contributed by atoms with Crippen molar-refractivity contribution in [3.63, 3.8) is 0 Å². The molecule has 28 heavy (non-hydrogen) atoms. The molecule has 4 heterocycles. The zero-order valence-corrected chi connectivity index (χ0v) is 16.4. The molecule has 0 amide bonds. The van der Waals surface area contributed by atoms with Crippen LogP contribution in [0.3, 0.4) is 0 Å². The largest absolute Gasteiger partial charge is 0.454 e. The van der Waals surface area contributed by atoms with E-state index in [1.165, 1.54) is 0 Å². The van der Waals surface area contributed by atoms with Crippen molar-refractivity contribution in [2.75, 3.05) is 25.6 Å². The molecule has 0 aliphatic carbocycles. The normalized spacial score (nSPS) is 17.5. The van der Waals surface area contributed by atoms with E-state index in [0.717, 1.165) is 71.6 Å². The summed E-state index contributed by atoms with van der Waals surface area (Å²) in [6.07, 6.45) is 2.08. The van der Waals surface area contributed by atoms with Crippen LogP contribution in [0.5, 0.6) is 11.5 Å². The van der Waals surface area contributed by atoms with E-state index >= 15 is 0 Å². The number of likely N-dealkylation sites (tertiary alicyclic amines) is 1. The zero-order chi connectivity index (χ0) is 19.3. The van der Waals surface area contributed by atoms with Gasteiger partial charge in [0.15, 0.2) is 17.1 Å². The van der Waals surface area contributed by atoms with Crippen LogP contribution in [-0.4, -0.2) is 39.4 Å². The number of hydrogen-bond acceptors (Lipinski definition) is 6. The molecule has 0 spiro atoms. The van der Waals surface area contributed by atoms with Gasteiger partial charge in [0, 0.05) is 41.4 Å². The standard InChI is InChI=1S/C20H22ClN5O2/c1-12-6-20-23-16(9-19(22)26(20)24-12)13-2-4-25(5-3-13)10-14-7-17-18(8-15(14)21)28-11-27-17/h6-9,13H,2-5,10-11,22H2,1H3. The number of aryl methyl sites for hydroxylation is 1. The SMILES string of the molecule is Cc1cc2nc(C3CCN(Cc4cc5c(cc4Cl)OCO5)CC3)cc(N)n2n1. The molecule has 5 rings (SSSR count). The van der Waals surface area contributed by atoms with Crippen LogP contribution in [-0.2, 0) is 6.54 Å². The second kappa shape index (κ2) is 6.83. The van der Waals surface area contributed by atoms with E-state index in [2.05, 4.69) is 10.00 Å². The number of nitrogens with zero attached hydrogens (tertiary/aromatic N) is 4. The van der Waals surface area contributed by atoms with Crippen molar-refractivity contribution in [2.45, 2.75) is 32.2 Å². The number of nitrogens with two attached hydrogens (primary N) is 1. The smallest absolute Gasteiger partial charge is 0.231 e. The number of rotatable bonds is 3. The minimum absolute atomic E-state index is 0.262. The molecular formula is C20H22ClN5O2. The molecule has 2 aliphatic heterocycles. The van der Waals surface area contributed by atoms with Crippen LogP contribution in [0.1, 0.15) is 35.7 Å². The topological polar surface area (TPSA) is 77.9 Å². The van der Waals surface area contributed by atoms with Gasteiger partial charge >= 0.3 is 0 Å². The summed E-state index contributed by atoms with van der Waals surface area (Å²) >= 11 is 6.43. The summed E-state index contributed by atoms with van der Waals surface area (Å²) in [6, 6.07) is 7.78. The van der Waals surface area contributed by atoms with Gasteiger partial charge in [0.1, 0.15) is 5.82 Å². The second-order valence-electron chi connectivity index (χ2n) is 7.51. The summed E-state index contributed by atoms with van der Waals surface area (Å²) in [5.74, 6) is 2.55. The highest BCUT2D eigenvalue weighted by Crippen LogP contribution is 2.38. The highest BCUT2D eigenvalue weighted by atomic mass is 35.5. The Morgan fingerprint density at radius 3 is 2.68 bits per heavy atom. The van der Waals surface area contributed by atoms with E-state index in [-0.39, 0.29) is 6.79 Å². The number of nitrogen functional groups attached to an aromatic ring is 1. The molecule has 8 heteroatoms. The zero-order valence-electron chi connectivity index (χ0n) is 15.7. The molecule has 0 atom stereocenters. The Morgan fingerprint density at radius 2 is 1.89 bits per heavy atom. The van der Waals surface area contributed by atoms with Crippen molar-refractivity contribution in [1.29, 1.82) is 0 Å². The molecule has 2 aromatic heterocycles. The minimum Gasteiger partial charge on any atom is -0.454 e. The maximum absolute atomic E-state index is 6.43. The lowest BCUT2D eigenvalue weighted by Crippen LogP contribution is -2.32. The summed E-state index contributed by atoms with van der Waals surface area (Å²) in [6.45, 7) is 4.99. The molecule has 0 saturated carbocycles. The van der Waals surface area contributed by atoms with Crippen LogP contribution in [0.2, 0.25) is 5.02 Å². The van der Waals surface area contributed by atoms with Crippen LogP contribution < -0.4 is 15.2 Å². The minimum atomic E-state index is 0.262. The Hall–Kier alpha value is -2.51. The van der Waals surface area contributed by atoms with Gasteiger partial charge in [0.2, 0.25) is 6.79 Å². The van der Waals surface area contributed by atoms with E-state index in [1.807, 2.05) is 31.2 Å². The van der Waals surface area contributed by atoms with E-state index in [0.29, 0.717) is 11.7 Å². The van der Waals surface area contributed by atoms with Crippen LogP contribution in [0.25, 0.3) is 5.65 Å². The van der Waals surface area contributed by atoms with Crippen molar-refractivity contribution in [1.82, 2.24) is 19.5 Å². The number of halogens is 1. The Morgan fingerprint density at radius 1 is 1.14 bits per heavy atom. The summed E-state index contributed by atoms with van der Waals surface area (Å²) in [4.78, 5) is 7.21. The quantitative estimate of drug-likeness (QED) is 0.727. The molecule has 0 unspecified atom stereocenters. The monoisotopic (exact) mass is 399 g/mol. The molecule has 0 bridgehead atoms. The first kappa shape index (κ1) is 17.6. The number of benzene rings is 1. The maximum Gasteiger partial charge on any atom is 0.231 e. The third-order valence-electron chi connectivity index (χ3n) is 5.54. The Kier molecular flexibility index (Phi) is 4.29. The highest BCUT2D eigenvalue weighted by molar-refractivity contribution is 6.31. The van der Waals surface area contributed by atoms with E-state index in [4.69, 9.17) is 31.8 Å². The molecule has 2 aliphatic rings. The van der Waals surface area contributed by atoms with Gasteiger partial charge in [0.05, 0.1) is 5.69 Å². The number of fused-ring (bicyclic) bond motifs is 2. The lowest BCUT2D eigenvalue weighted by atomic mass is 9.93. The fraction of sp³-hybridized carbons (Fsp3) is 0.400. The Balaban J connectivity index is 1.28. The van der Waals surface area contributed by atoms with Crippen molar-refractivity contribution < 1.29 is 9.47 Å². The molecular weight excluding hydrogens is 378 g/mol. The number of anilines is 1. The lowest BCUT2D eigenvalue weighted by molar-refractivity contribution is 0.173. The van der Waals surface area contributed by atoms with Gasteiger partial charge in [-0.1, -0.05) is 11.6 Å². The average molecular weight is 400 g/mol. The molecule has 1 fully saturated rings. The number of piperidine rings is 1. The summed E-state index contributed by atoms with van der Waals surface area (Å²) in [5, 5.41) is 5.10. The first-order valence-electron chi connectivity index (χ1n) is 9.50. The van der Waals surface area contributed by atoms with Crippen molar-refractivity contribution >= 4 is 23.1 Å². The predicted molar refractivity (Wildman–Crippen MR) is 107 cm³/mol. The third kappa shape index (κ3) is 3.14. The van der Waals surface area contributed by atoms with Crippen LogP contribution >= 0.6 is 11.6 Å². The molecule has 3 aromatic rings. The van der Waals surface area contributed by atoms with Gasteiger partial charge in [-0.3, -0.25) is 4.90 Å². The molecule has 146 valence electrons. The molecule has 7 nitrogen and oxygen atoms in total. The lowest BCUT2D eigenvalue weighted by Gasteiger charge is -2.32. The van der Waals surface area contributed by atoms with Crippen LogP contribution in [0.4, 0.5) is 5.82 Å². The average Bonchev–Trinajstić information content (AvgIpc) is 3.28. The third-order valence-corrected chi connectivity index (χ3v) is 5.89. The predicted octanol–water partition coefficient (Wildman–Crippen LogP) is 3.38. The second-order valence-corrected chi connectivity index (χ2v) is 7.92. The number of ether oxygens (including phenoxy) is 2. The number of hydrogen-bond donors (Lipinski definition) is 1. The fourth-order valence-electron chi connectivity index (χ4n) is 4.05. The maximum atomic E-state index is 6.43.